The van der Waals surface area contributed by atoms with Gasteiger partial charge in [0.15, 0.2) is 0 Å². The molecule has 1 aliphatic carbocycles. The molecule has 90 valence electrons. The molecule has 0 unspecified atom stereocenters. The second-order valence-electron chi connectivity index (χ2n) is 4.69. The van der Waals surface area contributed by atoms with Crippen LogP contribution in [0, 0.1) is 0 Å². The maximum atomic E-state index is 5.92. The minimum atomic E-state index is 0.164. The molecule has 2 aromatic rings. The van der Waals surface area contributed by atoms with Gasteiger partial charge in [-0.15, -0.1) is 11.3 Å². The fourth-order valence-electron chi connectivity index (χ4n) is 2.37. The number of hydrogen-bond donors (Lipinski definition) is 1. The molecule has 1 aromatic carbocycles. The number of nitrogens with zero attached hydrogens (tertiary/aromatic N) is 1. The lowest BCUT2D eigenvalue weighted by Gasteiger charge is -2.38. The van der Waals surface area contributed by atoms with Crippen molar-refractivity contribution in [2.24, 2.45) is 5.73 Å². The molecule has 0 bridgehead atoms. The fourth-order valence-corrected chi connectivity index (χ4v) is 3.62. The number of methoxy groups -OCH3 is 1. The van der Waals surface area contributed by atoms with Crippen molar-refractivity contribution in [1.29, 1.82) is 0 Å². The SMILES string of the molecule is COc1ccc2nc(C3(CN)CCC3)sc2c1. The van der Waals surface area contributed by atoms with Crippen molar-refractivity contribution >= 4 is 21.6 Å². The Labute approximate surface area is 105 Å². The van der Waals surface area contributed by atoms with Gasteiger partial charge in [0, 0.05) is 12.0 Å². The van der Waals surface area contributed by atoms with E-state index in [1.807, 2.05) is 12.1 Å². The summed E-state index contributed by atoms with van der Waals surface area (Å²) >= 11 is 1.76. The summed E-state index contributed by atoms with van der Waals surface area (Å²) in [6, 6.07) is 6.04. The molecule has 0 aliphatic heterocycles. The maximum absolute atomic E-state index is 5.92. The standard InChI is InChI=1S/C13H16N2OS/c1-16-9-3-4-10-11(7-9)17-12(15-10)13(8-14)5-2-6-13/h3-4,7H,2,5-6,8,14H2,1H3. The van der Waals surface area contributed by atoms with Crippen LogP contribution in [0.25, 0.3) is 10.2 Å². The van der Waals surface area contributed by atoms with Gasteiger partial charge in [-0.05, 0) is 31.0 Å². The summed E-state index contributed by atoms with van der Waals surface area (Å²) < 4.78 is 6.43. The number of hydrogen-bond acceptors (Lipinski definition) is 4. The van der Waals surface area contributed by atoms with Gasteiger partial charge in [-0.2, -0.15) is 0 Å². The summed E-state index contributed by atoms with van der Waals surface area (Å²) in [4.78, 5) is 4.74. The zero-order chi connectivity index (χ0) is 11.9. The highest BCUT2D eigenvalue weighted by Crippen LogP contribution is 2.45. The Balaban J connectivity index is 2.07. The highest BCUT2D eigenvalue weighted by Gasteiger charge is 2.40. The number of nitrogens with two attached hydrogens (primary N) is 1. The smallest absolute Gasteiger partial charge is 0.120 e. The third-order valence-corrected chi connectivity index (χ3v) is 5.02. The fraction of sp³-hybridized carbons (Fsp3) is 0.462. The number of aromatic nitrogens is 1. The van der Waals surface area contributed by atoms with Gasteiger partial charge >= 0.3 is 0 Å². The van der Waals surface area contributed by atoms with Crippen LogP contribution in [0.5, 0.6) is 5.75 Å². The zero-order valence-electron chi connectivity index (χ0n) is 9.90. The largest absolute Gasteiger partial charge is 0.497 e. The van der Waals surface area contributed by atoms with E-state index in [0.29, 0.717) is 6.54 Å². The molecule has 1 aromatic heterocycles. The quantitative estimate of drug-likeness (QED) is 0.908. The van der Waals surface area contributed by atoms with Crippen LogP contribution >= 0.6 is 11.3 Å². The summed E-state index contributed by atoms with van der Waals surface area (Å²) in [5.74, 6) is 0.892. The van der Waals surface area contributed by atoms with Gasteiger partial charge < -0.3 is 10.5 Å². The van der Waals surface area contributed by atoms with Gasteiger partial charge in [0.25, 0.3) is 0 Å². The first kappa shape index (κ1) is 11.0. The van der Waals surface area contributed by atoms with Gasteiger partial charge in [0.1, 0.15) is 10.8 Å². The summed E-state index contributed by atoms with van der Waals surface area (Å²) in [6.07, 6.45) is 3.64. The number of rotatable bonds is 3. The predicted molar refractivity (Wildman–Crippen MR) is 70.8 cm³/mol. The van der Waals surface area contributed by atoms with Crippen LogP contribution in [0.2, 0.25) is 0 Å². The number of ether oxygens (including phenoxy) is 1. The van der Waals surface area contributed by atoms with Crippen molar-refractivity contribution in [2.45, 2.75) is 24.7 Å². The van der Waals surface area contributed by atoms with E-state index in [1.54, 1.807) is 18.4 Å². The molecule has 0 saturated heterocycles. The molecule has 17 heavy (non-hydrogen) atoms. The van der Waals surface area contributed by atoms with Crippen LogP contribution in [-0.4, -0.2) is 18.6 Å². The molecular formula is C13H16N2OS. The predicted octanol–water partition coefficient (Wildman–Crippen LogP) is 2.69. The third kappa shape index (κ3) is 1.63. The lowest BCUT2D eigenvalue weighted by molar-refractivity contribution is 0.252. The molecule has 3 rings (SSSR count). The van der Waals surface area contributed by atoms with Gasteiger partial charge in [-0.3, -0.25) is 0 Å². The van der Waals surface area contributed by atoms with Crippen molar-refractivity contribution in [3.05, 3.63) is 23.2 Å². The molecule has 0 amide bonds. The van der Waals surface area contributed by atoms with Gasteiger partial charge in [0.05, 0.1) is 17.3 Å². The summed E-state index contributed by atoms with van der Waals surface area (Å²) in [7, 11) is 1.69. The lowest BCUT2D eigenvalue weighted by Crippen LogP contribution is -2.41. The molecule has 1 heterocycles. The third-order valence-electron chi connectivity index (χ3n) is 3.75. The maximum Gasteiger partial charge on any atom is 0.120 e. The molecule has 0 atom stereocenters. The van der Waals surface area contributed by atoms with E-state index in [9.17, 15) is 0 Å². The van der Waals surface area contributed by atoms with Crippen LogP contribution in [0.3, 0.4) is 0 Å². The Bertz CT molecular complexity index is 540. The highest BCUT2D eigenvalue weighted by molar-refractivity contribution is 7.18. The van der Waals surface area contributed by atoms with E-state index in [2.05, 4.69) is 6.07 Å². The van der Waals surface area contributed by atoms with E-state index in [-0.39, 0.29) is 5.41 Å². The Hall–Kier alpha value is -1.13. The highest BCUT2D eigenvalue weighted by atomic mass is 32.1. The van der Waals surface area contributed by atoms with Crippen LogP contribution in [0.1, 0.15) is 24.3 Å². The van der Waals surface area contributed by atoms with Crippen molar-refractivity contribution in [3.63, 3.8) is 0 Å². The van der Waals surface area contributed by atoms with Gasteiger partial charge in [-0.1, -0.05) is 6.42 Å². The molecule has 2 N–H and O–H groups in total. The first-order chi connectivity index (χ1) is 8.27. The Kier molecular flexibility index (Phi) is 2.56. The van der Waals surface area contributed by atoms with E-state index in [4.69, 9.17) is 15.5 Å². The van der Waals surface area contributed by atoms with E-state index in [0.717, 1.165) is 11.3 Å². The number of thiazole rings is 1. The van der Waals surface area contributed by atoms with Gasteiger partial charge in [-0.25, -0.2) is 4.98 Å². The Morgan fingerprint density at radius 1 is 1.47 bits per heavy atom. The molecule has 0 spiro atoms. The molecule has 1 saturated carbocycles. The van der Waals surface area contributed by atoms with Crippen molar-refractivity contribution in [2.75, 3.05) is 13.7 Å². The van der Waals surface area contributed by atoms with E-state index in [1.165, 1.54) is 29.0 Å². The van der Waals surface area contributed by atoms with Crippen molar-refractivity contribution in [1.82, 2.24) is 4.98 Å². The minimum absolute atomic E-state index is 0.164. The average Bonchev–Trinajstić information content (AvgIpc) is 2.70. The number of fused-ring (bicyclic) bond motifs is 1. The summed E-state index contributed by atoms with van der Waals surface area (Å²) in [6.45, 7) is 0.712. The first-order valence-corrected chi connectivity index (χ1v) is 6.74. The van der Waals surface area contributed by atoms with Crippen LogP contribution in [0.4, 0.5) is 0 Å². The molecule has 1 fully saturated rings. The topological polar surface area (TPSA) is 48.1 Å². The molecule has 1 aliphatic rings. The molecule has 0 radical (unpaired) electrons. The molecule has 3 nitrogen and oxygen atoms in total. The summed E-state index contributed by atoms with van der Waals surface area (Å²) in [5, 5.41) is 1.20. The average molecular weight is 248 g/mol. The summed E-state index contributed by atoms with van der Waals surface area (Å²) in [5.41, 5.74) is 7.14. The number of benzene rings is 1. The second-order valence-corrected chi connectivity index (χ2v) is 5.72. The molecular weight excluding hydrogens is 232 g/mol. The van der Waals surface area contributed by atoms with E-state index >= 15 is 0 Å². The van der Waals surface area contributed by atoms with Crippen LogP contribution < -0.4 is 10.5 Å². The zero-order valence-corrected chi connectivity index (χ0v) is 10.7. The van der Waals surface area contributed by atoms with Crippen molar-refractivity contribution < 1.29 is 4.74 Å². The minimum Gasteiger partial charge on any atom is -0.497 e. The Morgan fingerprint density at radius 3 is 2.88 bits per heavy atom. The van der Waals surface area contributed by atoms with Crippen LogP contribution in [-0.2, 0) is 5.41 Å². The monoisotopic (exact) mass is 248 g/mol. The van der Waals surface area contributed by atoms with E-state index < -0.39 is 0 Å². The lowest BCUT2D eigenvalue weighted by atomic mass is 9.69. The van der Waals surface area contributed by atoms with Crippen molar-refractivity contribution in [3.8, 4) is 5.75 Å². The normalized spacial score (nSPS) is 18.0. The first-order valence-electron chi connectivity index (χ1n) is 5.92. The van der Waals surface area contributed by atoms with Crippen LogP contribution in [0.15, 0.2) is 18.2 Å². The Morgan fingerprint density at radius 2 is 2.29 bits per heavy atom. The second kappa shape index (κ2) is 3.96. The van der Waals surface area contributed by atoms with Gasteiger partial charge in [0.2, 0.25) is 0 Å². The molecule has 4 heteroatoms.